The summed E-state index contributed by atoms with van der Waals surface area (Å²) in [5.41, 5.74) is 1.86. The highest BCUT2D eigenvalue weighted by Crippen LogP contribution is 2.22. The van der Waals surface area contributed by atoms with Crippen LogP contribution >= 0.6 is 0 Å². The third-order valence-corrected chi connectivity index (χ3v) is 3.31. The number of aliphatic hydroxyl groups is 1. The molecular formula is C17H27NO3. The van der Waals surface area contributed by atoms with E-state index in [0.29, 0.717) is 6.42 Å². The molecule has 118 valence electrons. The van der Waals surface area contributed by atoms with E-state index in [9.17, 15) is 9.90 Å². The number of aryl methyl sites for hydroxylation is 1. The van der Waals surface area contributed by atoms with Crippen LogP contribution in [0.3, 0.4) is 0 Å². The minimum Gasteiger partial charge on any atom is -0.469 e. The van der Waals surface area contributed by atoms with Gasteiger partial charge < -0.3 is 15.2 Å². The third-order valence-electron chi connectivity index (χ3n) is 3.31. The van der Waals surface area contributed by atoms with Crippen LogP contribution in [0.15, 0.2) is 24.3 Å². The Kier molecular flexibility index (Phi) is 6.37. The average molecular weight is 293 g/mol. The van der Waals surface area contributed by atoms with E-state index in [4.69, 9.17) is 0 Å². The first-order chi connectivity index (χ1) is 9.73. The number of carbonyl (C=O) groups excluding carboxylic acids is 1. The van der Waals surface area contributed by atoms with Crippen LogP contribution in [-0.4, -0.2) is 29.8 Å². The highest BCUT2D eigenvalue weighted by atomic mass is 16.5. The molecule has 1 aromatic rings. The van der Waals surface area contributed by atoms with Crippen molar-refractivity contribution in [2.45, 2.75) is 58.2 Å². The number of benzene rings is 1. The first kappa shape index (κ1) is 17.7. The van der Waals surface area contributed by atoms with Crippen molar-refractivity contribution >= 4 is 5.97 Å². The molecule has 0 saturated heterocycles. The molecule has 0 aromatic heterocycles. The monoisotopic (exact) mass is 293 g/mol. The van der Waals surface area contributed by atoms with Gasteiger partial charge in [-0.25, -0.2) is 0 Å². The lowest BCUT2D eigenvalue weighted by molar-refractivity contribution is -0.141. The smallest absolute Gasteiger partial charge is 0.305 e. The Balaban J connectivity index is 2.83. The van der Waals surface area contributed by atoms with E-state index in [0.717, 1.165) is 11.1 Å². The van der Waals surface area contributed by atoms with Gasteiger partial charge in [-0.15, -0.1) is 0 Å². The number of ether oxygens (including phenoxy) is 1. The molecule has 4 heteroatoms. The fourth-order valence-corrected chi connectivity index (χ4v) is 2.24. The molecule has 2 atom stereocenters. The van der Waals surface area contributed by atoms with Crippen LogP contribution in [0.4, 0.5) is 0 Å². The second kappa shape index (κ2) is 7.57. The summed E-state index contributed by atoms with van der Waals surface area (Å²) in [5, 5.41) is 14.0. The van der Waals surface area contributed by atoms with E-state index in [-0.39, 0.29) is 24.0 Å². The fourth-order valence-electron chi connectivity index (χ4n) is 2.24. The maximum Gasteiger partial charge on any atom is 0.305 e. The van der Waals surface area contributed by atoms with Crippen molar-refractivity contribution in [3.05, 3.63) is 35.4 Å². The Morgan fingerprint density at radius 1 is 1.29 bits per heavy atom. The second-order valence-corrected chi connectivity index (χ2v) is 6.47. The standard InChI is InChI=1S/C17H27NO3/c1-12-6-8-13(9-7-12)16(20)14(18-17(2,3)4)10-11-15(19)21-5/h6-9,14,16,18,20H,10-11H2,1-5H3. The summed E-state index contributed by atoms with van der Waals surface area (Å²) in [6.07, 6.45) is 0.154. The minimum atomic E-state index is -0.658. The van der Waals surface area contributed by atoms with Crippen LogP contribution in [0.2, 0.25) is 0 Å². The molecule has 0 radical (unpaired) electrons. The first-order valence-corrected chi connectivity index (χ1v) is 7.32. The van der Waals surface area contributed by atoms with Gasteiger partial charge in [0.15, 0.2) is 0 Å². The summed E-state index contributed by atoms with van der Waals surface area (Å²) in [6, 6.07) is 7.61. The molecule has 1 aromatic carbocycles. The summed E-state index contributed by atoms with van der Waals surface area (Å²) in [4.78, 5) is 11.4. The predicted octanol–water partition coefficient (Wildman–Crippen LogP) is 2.74. The van der Waals surface area contributed by atoms with Gasteiger partial charge in [0.05, 0.1) is 13.2 Å². The zero-order valence-electron chi connectivity index (χ0n) is 13.6. The Hall–Kier alpha value is -1.39. The van der Waals surface area contributed by atoms with Crippen LogP contribution in [0.1, 0.15) is 50.8 Å². The summed E-state index contributed by atoms with van der Waals surface area (Å²) in [7, 11) is 1.38. The van der Waals surface area contributed by atoms with Gasteiger partial charge in [-0.05, 0) is 39.7 Å². The lowest BCUT2D eigenvalue weighted by Crippen LogP contribution is -2.46. The molecule has 0 bridgehead atoms. The molecule has 0 amide bonds. The number of aliphatic hydroxyl groups excluding tert-OH is 1. The number of methoxy groups -OCH3 is 1. The molecule has 2 unspecified atom stereocenters. The third kappa shape index (κ3) is 6.27. The number of carbonyl (C=O) groups is 1. The number of rotatable bonds is 6. The van der Waals surface area contributed by atoms with Crippen molar-refractivity contribution in [3.63, 3.8) is 0 Å². The quantitative estimate of drug-likeness (QED) is 0.792. The van der Waals surface area contributed by atoms with Crippen molar-refractivity contribution in [2.24, 2.45) is 0 Å². The molecular weight excluding hydrogens is 266 g/mol. The Bertz CT molecular complexity index is 448. The van der Waals surface area contributed by atoms with Crippen LogP contribution in [-0.2, 0) is 9.53 Å². The number of nitrogens with one attached hydrogen (secondary N) is 1. The second-order valence-electron chi connectivity index (χ2n) is 6.47. The van der Waals surface area contributed by atoms with E-state index in [2.05, 4.69) is 10.1 Å². The molecule has 0 heterocycles. The Morgan fingerprint density at radius 2 is 1.86 bits per heavy atom. The number of esters is 1. The van der Waals surface area contributed by atoms with Gasteiger partial charge in [-0.2, -0.15) is 0 Å². The fraction of sp³-hybridized carbons (Fsp3) is 0.588. The van der Waals surface area contributed by atoms with Gasteiger partial charge in [0, 0.05) is 18.0 Å². The van der Waals surface area contributed by atoms with Crippen molar-refractivity contribution in [2.75, 3.05) is 7.11 Å². The lowest BCUT2D eigenvalue weighted by atomic mass is 9.95. The topological polar surface area (TPSA) is 58.6 Å². The molecule has 1 rings (SSSR count). The van der Waals surface area contributed by atoms with Crippen molar-refractivity contribution in [1.29, 1.82) is 0 Å². The van der Waals surface area contributed by atoms with E-state index in [1.54, 1.807) is 0 Å². The van der Waals surface area contributed by atoms with Crippen molar-refractivity contribution < 1.29 is 14.6 Å². The van der Waals surface area contributed by atoms with Crippen LogP contribution < -0.4 is 5.32 Å². The molecule has 0 aliphatic heterocycles. The molecule has 0 aliphatic rings. The average Bonchev–Trinajstić information content (AvgIpc) is 2.42. The van der Waals surface area contributed by atoms with E-state index < -0.39 is 6.10 Å². The highest BCUT2D eigenvalue weighted by Gasteiger charge is 2.25. The number of hydrogen-bond acceptors (Lipinski definition) is 4. The summed E-state index contributed by atoms with van der Waals surface area (Å²) >= 11 is 0. The van der Waals surface area contributed by atoms with Gasteiger partial charge in [-0.1, -0.05) is 29.8 Å². The van der Waals surface area contributed by atoms with Crippen molar-refractivity contribution in [3.8, 4) is 0 Å². The molecule has 0 spiro atoms. The number of hydrogen-bond donors (Lipinski definition) is 2. The molecule has 2 N–H and O–H groups in total. The molecule has 21 heavy (non-hydrogen) atoms. The van der Waals surface area contributed by atoms with Gasteiger partial charge in [0.25, 0.3) is 0 Å². The minimum absolute atomic E-state index is 0.146. The SMILES string of the molecule is COC(=O)CCC(NC(C)(C)C)C(O)c1ccc(C)cc1. The first-order valence-electron chi connectivity index (χ1n) is 7.32. The lowest BCUT2D eigenvalue weighted by Gasteiger charge is -2.32. The van der Waals surface area contributed by atoms with E-state index in [1.165, 1.54) is 7.11 Å². The Labute approximate surface area is 127 Å². The Morgan fingerprint density at radius 3 is 2.33 bits per heavy atom. The van der Waals surface area contributed by atoms with Crippen LogP contribution in [0.5, 0.6) is 0 Å². The van der Waals surface area contributed by atoms with Crippen LogP contribution in [0, 0.1) is 6.92 Å². The van der Waals surface area contributed by atoms with E-state index >= 15 is 0 Å². The molecule has 0 fully saturated rings. The summed E-state index contributed by atoms with van der Waals surface area (Å²) in [5.74, 6) is -0.258. The zero-order valence-corrected chi connectivity index (χ0v) is 13.6. The molecule has 0 saturated carbocycles. The van der Waals surface area contributed by atoms with E-state index in [1.807, 2.05) is 52.0 Å². The predicted molar refractivity (Wildman–Crippen MR) is 84.1 cm³/mol. The highest BCUT2D eigenvalue weighted by molar-refractivity contribution is 5.69. The summed E-state index contributed by atoms with van der Waals surface area (Å²) < 4.78 is 4.68. The largest absolute Gasteiger partial charge is 0.469 e. The van der Waals surface area contributed by atoms with Crippen LogP contribution in [0.25, 0.3) is 0 Å². The summed E-state index contributed by atoms with van der Waals surface area (Å²) in [6.45, 7) is 8.14. The van der Waals surface area contributed by atoms with Gasteiger partial charge >= 0.3 is 5.97 Å². The van der Waals surface area contributed by atoms with Gasteiger partial charge in [0.2, 0.25) is 0 Å². The maximum absolute atomic E-state index is 11.4. The van der Waals surface area contributed by atoms with Crippen molar-refractivity contribution in [1.82, 2.24) is 5.32 Å². The van der Waals surface area contributed by atoms with Gasteiger partial charge in [-0.3, -0.25) is 4.79 Å². The molecule has 4 nitrogen and oxygen atoms in total. The zero-order chi connectivity index (χ0) is 16.0. The maximum atomic E-state index is 11.4. The normalized spacial score (nSPS) is 14.6. The molecule has 0 aliphatic carbocycles. The van der Waals surface area contributed by atoms with Gasteiger partial charge in [0.1, 0.15) is 0 Å².